The monoisotopic (exact) mass is 234 g/mol. The fourth-order valence-corrected chi connectivity index (χ4v) is 1.56. The third-order valence-corrected chi connectivity index (χ3v) is 2.38. The highest BCUT2D eigenvalue weighted by molar-refractivity contribution is 5.33. The number of imidazole rings is 1. The molecule has 2 aromatic rings. The van der Waals surface area contributed by atoms with E-state index in [-0.39, 0.29) is 5.69 Å². The fraction of sp³-hybridized carbons (Fsp3) is 0.300. The minimum atomic E-state index is -0.0997. The van der Waals surface area contributed by atoms with Gasteiger partial charge in [-0.25, -0.2) is 20.6 Å². The number of aryl methyl sites for hydroxylation is 2. The molecule has 0 aliphatic rings. The zero-order valence-corrected chi connectivity index (χ0v) is 9.71. The van der Waals surface area contributed by atoms with Crippen LogP contribution in [0, 0.1) is 6.92 Å². The van der Waals surface area contributed by atoms with E-state index < -0.39 is 0 Å². The van der Waals surface area contributed by atoms with Crippen LogP contribution in [0.2, 0.25) is 0 Å². The molecule has 2 rings (SSSR count). The number of hydrogen-bond acceptors (Lipinski definition) is 5. The Labute approximate surface area is 97.9 Å². The maximum Gasteiger partial charge on any atom is 0.328 e. The first kappa shape index (κ1) is 11.3. The summed E-state index contributed by atoms with van der Waals surface area (Å²) in [6.45, 7) is 2.18. The van der Waals surface area contributed by atoms with E-state index in [0.717, 1.165) is 5.69 Å². The molecule has 0 aliphatic carbocycles. The first-order valence-corrected chi connectivity index (χ1v) is 5.13. The van der Waals surface area contributed by atoms with Crippen LogP contribution in [0.3, 0.4) is 0 Å². The molecule has 0 spiro atoms. The highest BCUT2D eigenvalue weighted by Crippen LogP contribution is 2.05. The predicted molar refractivity (Wildman–Crippen MR) is 63.4 cm³/mol. The van der Waals surface area contributed by atoms with E-state index in [4.69, 9.17) is 5.84 Å². The molecular weight excluding hydrogens is 220 g/mol. The van der Waals surface area contributed by atoms with Crippen LogP contribution in [0.5, 0.6) is 0 Å². The maximum atomic E-state index is 11.6. The molecule has 0 aromatic carbocycles. The van der Waals surface area contributed by atoms with Gasteiger partial charge in [0.25, 0.3) is 0 Å². The van der Waals surface area contributed by atoms with Gasteiger partial charge in [0.05, 0.1) is 6.54 Å². The highest BCUT2D eigenvalue weighted by Gasteiger charge is 2.05. The molecule has 2 heterocycles. The summed E-state index contributed by atoms with van der Waals surface area (Å²) in [6.07, 6.45) is 3.39. The van der Waals surface area contributed by atoms with Gasteiger partial charge in [-0.1, -0.05) is 0 Å². The summed E-state index contributed by atoms with van der Waals surface area (Å²) in [4.78, 5) is 20.1. The highest BCUT2D eigenvalue weighted by atomic mass is 16.1. The summed E-state index contributed by atoms with van der Waals surface area (Å²) >= 11 is 0. The lowest BCUT2D eigenvalue weighted by Gasteiger charge is -2.05. The van der Waals surface area contributed by atoms with Crippen molar-refractivity contribution in [1.82, 2.24) is 19.1 Å². The van der Waals surface area contributed by atoms with Gasteiger partial charge >= 0.3 is 5.69 Å². The smallest absolute Gasteiger partial charge is 0.308 e. The van der Waals surface area contributed by atoms with Gasteiger partial charge in [0.2, 0.25) is 0 Å². The zero-order valence-electron chi connectivity index (χ0n) is 9.71. The van der Waals surface area contributed by atoms with E-state index in [1.54, 1.807) is 25.5 Å². The van der Waals surface area contributed by atoms with E-state index in [2.05, 4.69) is 15.4 Å². The quantitative estimate of drug-likeness (QED) is 0.558. The largest absolute Gasteiger partial charge is 0.328 e. The van der Waals surface area contributed by atoms with Crippen molar-refractivity contribution in [3.63, 3.8) is 0 Å². The molecule has 7 nitrogen and oxygen atoms in total. The standard InChI is InChI=1S/C10H14N6O/c1-7-5-8(14-11)13-9(12-7)6-16-4-3-15(2)10(16)17/h3-5H,6,11H2,1-2H3,(H,12,13,14). The molecule has 0 fully saturated rings. The molecule has 0 bridgehead atoms. The Morgan fingerprint density at radius 3 is 2.76 bits per heavy atom. The van der Waals surface area contributed by atoms with Crippen molar-refractivity contribution in [2.24, 2.45) is 12.9 Å². The van der Waals surface area contributed by atoms with Crippen LogP contribution in [-0.4, -0.2) is 19.1 Å². The normalized spacial score (nSPS) is 10.5. The summed E-state index contributed by atoms with van der Waals surface area (Å²) in [5, 5.41) is 0. The number of nitrogens with zero attached hydrogens (tertiary/aromatic N) is 4. The number of anilines is 1. The molecule has 7 heteroatoms. The van der Waals surface area contributed by atoms with Crippen molar-refractivity contribution < 1.29 is 0 Å². The van der Waals surface area contributed by atoms with E-state index in [1.807, 2.05) is 6.92 Å². The lowest BCUT2D eigenvalue weighted by atomic mass is 10.4. The Morgan fingerprint density at radius 1 is 1.41 bits per heavy atom. The summed E-state index contributed by atoms with van der Waals surface area (Å²) in [7, 11) is 1.70. The van der Waals surface area contributed by atoms with Gasteiger partial charge in [-0.15, -0.1) is 0 Å². The van der Waals surface area contributed by atoms with E-state index in [1.165, 1.54) is 9.13 Å². The second kappa shape index (κ2) is 4.38. The number of nitrogens with two attached hydrogens (primary N) is 1. The first-order chi connectivity index (χ1) is 8.10. The van der Waals surface area contributed by atoms with Crippen LogP contribution in [-0.2, 0) is 13.6 Å². The Morgan fingerprint density at radius 2 is 2.18 bits per heavy atom. The van der Waals surface area contributed by atoms with Crippen molar-refractivity contribution >= 4 is 5.82 Å². The first-order valence-electron chi connectivity index (χ1n) is 5.13. The Hall–Kier alpha value is -2.15. The summed E-state index contributed by atoms with van der Waals surface area (Å²) in [5.74, 6) is 6.39. The summed E-state index contributed by atoms with van der Waals surface area (Å²) < 4.78 is 3.03. The SMILES string of the molecule is Cc1cc(NN)nc(Cn2ccn(C)c2=O)n1. The Bertz CT molecular complexity index is 585. The van der Waals surface area contributed by atoms with Crippen molar-refractivity contribution in [2.75, 3.05) is 5.43 Å². The molecule has 0 atom stereocenters. The molecule has 2 aromatic heterocycles. The summed E-state index contributed by atoms with van der Waals surface area (Å²) in [5.41, 5.74) is 3.17. The van der Waals surface area contributed by atoms with Gasteiger partial charge in [0.1, 0.15) is 5.82 Å². The average molecular weight is 234 g/mol. The lowest BCUT2D eigenvalue weighted by molar-refractivity contribution is 0.685. The van der Waals surface area contributed by atoms with E-state index in [0.29, 0.717) is 18.2 Å². The molecule has 17 heavy (non-hydrogen) atoms. The number of nitrogens with one attached hydrogen (secondary N) is 1. The number of aromatic nitrogens is 4. The third-order valence-electron chi connectivity index (χ3n) is 2.38. The van der Waals surface area contributed by atoms with E-state index in [9.17, 15) is 4.79 Å². The van der Waals surface area contributed by atoms with Gasteiger partial charge in [-0.2, -0.15) is 0 Å². The minimum Gasteiger partial charge on any atom is -0.308 e. The van der Waals surface area contributed by atoms with Gasteiger partial charge in [-0.05, 0) is 6.92 Å². The minimum absolute atomic E-state index is 0.0997. The Kier molecular flexibility index (Phi) is 2.92. The number of nitrogen functional groups attached to an aromatic ring is 1. The van der Waals surface area contributed by atoms with Crippen molar-refractivity contribution in [3.8, 4) is 0 Å². The maximum absolute atomic E-state index is 11.6. The van der Waals surface area contributed by atoms with Crippen LogP contribution in [0.4, 0.5) is 5.82 Å². The van der Waals surface area contributed by atoms with E-state index >= 15 is 0 Å². The molecule has 3 N–H and O–H groups in total. The summed E-state index contributed by atoms with van der Waals surface area (Å²) in [6, 6.07) is 1.73. The lowest BCUT2D eigenvalue weighted by Crippen LogP contribution is -2.23. The molecule has 0 aliphatic heterocycles. The predicted octanol–water partition coefficient (Wildman–Crippen LogP) is -0.381. The van der Waals surface area contributed by atoms with Crippen LogP contribution in [0.25, 0.3) is 0 Å². The molecule has 0 unspecified atom stereocenters. The molecule has 0 amide bonds. The molecule has 0 saturated heterocycles. The number of hydrogen-bond donors (Lipinski definition) is 2. The van der Waals surface area contributed by atoms with Crippen LogP contribution in [0.15, 0.2) is 23.3 Å². The van der Waals surface area contributed by atoms with Crippen LogP contribution >= 0.6 is 0 Å². The average Bonchev–Trinajstić information content (AvgIpc) is 2.60. The van der Waals surface area contributed by atoms with Gasteiger partial charge in [0.15, 0.2) is 5.82 Å². The van der Waals surface area contributed by atoms with Crippen molar-refractivity contribution in [1.29, 1.82) is 0 Å². The fourth-order valence-electron chi connectivity index (χ4n) is 1.56. The van der Waals surface area contributed by atoms with Gasteiger partial charge in [0, 0.05) is 31.2 Å². The molecular formula is C10H14N6O. The zero-order chi connectivity index (χ0) is 12.4. The molecule has 0 saturated carbocycles. The third kappa shape index (κ3) is 2.34. The Balaban J connectivity index is 2.33. The van der Waals surface area contributed by atoms with Crippen molar-refractivity contribution in [2.45, 2.75) is 13.5 Å². The molecule has 90 valence electrons. The van der Waals surface area contributed by atoms with Gasteiger partial charge < -0.3 is 9.99 Å². The number of rotatable bonds is 3. The second-order valence-corrected chi connectivity index (χ2v) is 3.77. The molecule has 0 radical (unpaired) electrons. The van der Waals surface area contributed by atoms with Crippen molar-refractivity contribution in [3.05, 3.63) is 40.5 Å². The van der Waals surface area contributed by atoms with Crippen LogP contribution in [0.1, 0.15) is 11.5 Å². The topological polar surface area (TPSA) is 90.8 Å². The van der Waals surface area contributed by atoms with Crippen LogP contribution < -0.4 is 17.0 Å². The number of hydrazine groups is 1. The van der Waals surface area contributed by atoms with Gasteiger partial charge in [-0.3, -0.25) is 4.57 Å². The second-order valence-electron chi connectivity index (χ2n) is 3.77.